The molecule has 2 aromatic rings. The highest BCUT2D eigenvalue weighted by atomic mass is 16.2. The lowest BCUT2D eigenvalue weighted by molar-refractivity contribution is -0.136. The van der Waals surface area contributed by atoms with Crippen molar-refractivity contribution < 1.29 is 4.79 Å². The molecule has 2 heterocycles. The highest BCUT2D eigenvalue weighted by molar-refractivity contribution is 5.79. The van der Waals surface area contributed by atoms with Crippen molar-refractivity contribution in [2.45, 2.75) is 66.7 Å². The average molecular weight is 423 g/mol. The lowest BCUT2D eigenvalue weighted by atomic mass is 9.97. The topological polar surface area (TPSA) is 49.3 Å². The van der Waals surface area contributed by atoms with E-state index in [2.05, 4.69) is 66.7 Å². The van der Waals surface area contributed by atoms with Crippen molar-refractivity contribution in [3.05, 3.63) is 52.5 Å². The van der Waals surface area contributed by atoms with Crippen LogP contribution in [0, 0.1) is 26.7 Å². The zero-order chi connectivity index (χ0) is 22.4. The first-order chi connectivity index (χ1) is 14.9. The highest BCUT2D eigenvalue weighted by Crippen LogP contribution is 2.26. The van der Waals surface area contributed by atoms with Gasteiger partial charge in [-0.25, -0.2) is 9.97 Å². The van der Waals surface area contributed by atoms with Gasteiger partial charge in [-0.15, -0.1) is 0 Å². The standard InChI is InChI=1S/C26H38N4O/c1-6-8-12-23(7-2)26(31)30-15-13-29(14-16-30)25-24(20(4)27-21(5)28-25)18-22-11-9-10-19(3)17-22/h9-11,17,23H,6-8,12-16,18H2,1-5H3/t23-/m1/s1. The van der Waals surface area contributed by atoms with Crippen molar-refractivity contribution in [1.82, 2.24) is 14.9 Å². The number of anilines is 1. The maximum atomic E-state index is 13.0. The molecule has 1 atom stereocenters. The minimum Gasteiger partial charge on any atom is -0.353 e. The van der Waals surface area contributed by atoms with Crippen LogP contribution in [0.15, 0.2) is 24.3 Å². The number of aromatic nitrogens is 2. The number of nitrogens with zero attached hydrogens (tertiary/aromatic N) is 4. The van der Waals surface area contributed by atoms with Crippen LogP contribution < -0.4 is 4.90 Å². The van der Waals surface area contributed by atoms with Gasteiger partial charge >= 0.3 is 0 Å². The Bertz CT molecular complexity index is 887. The number of hydrogen-bond acceptors (Lipinski definition) is 4. The van der Waals surface area contributed by atoms with E-state index in [-0.39, 0.29) is 5.92 Å². The molecule has 5 heteroatoms. The maximum absolute atomic E-state index is 13.0. The summed E-state index contributed by atoms with van der Waals surface area (Å²) < 4.78 is 0. The molecule has 1 aromatic carbocycles. The van der Waals surface area contributed by atoms with E-state index in [1.165, 1.54) is 16.7 Å². The summed E-state index contributed by atoms with van der Waals surface area (Å²) in [6.45, 7) is 13.7. The number of aryl methyl sites for hydroxylation is 3. The predicted molar refractivity (Wildman–Crippen MR) is 128 cm³/mol. The molecule has 3 rings (SSSR count). The Balaban J connectivity index is 1.74. The van der Waals surface area contributed by atoms with Crippen LogP contribution in [0.1, 0.15) is 67.7 Å². The molecule has 1 saturated heterocycles. The van der Waals surface area contributed by atoms with E-state index < -0.39 is 0 Å². The van der Waals surface area contributed by atoms with Crippen LogP contribution in [-0.4, -0.2) is 47.0 Å². The fraction of sp³-hybridized carbons (Fsp3) is 0.577. The van der Waals surface area contributed by atoms with E-state index in [1.807, 2.05) is 6.92 Å². The van der Waals surface area contributed by atoms with Crippen LogP contribution >= 0.6 is 0 Å². The Hall–Kier alpha value is -2.43. The van der Waals surface area contributed by atoms with Crippen LogP contribution in [0.4, 0.5) is 5.82 Å². The summed E-state index contributed by atoms with van der Waals surface area (Å²) in [6.07, 6.45) is 5.05. The van der Waals surface area contributed by atoms with Gasteiger partial charge in [0.2, 0.25) is 5.91 Å². The van der Waals surface area contributed by atoms with Gasteiger partial charge in [-0.2, -0.15) is 0 Å². The first kappa shape index (κ1) is 23.2. The molecule has 0 bridgehead atoms. The number of rotatable bonds is 8. The summed E-state index contributed by atoms with van der Waals surface area (Å²) >= 11 is 0. The SMILES string of the molecule is CCCC[C@@H](CC)C(=O)N1CCN(c2nc(C)nc(C)c2Cc2cccc(C)c2)CC1. The maximum Gasteiger partial charge on any atom is 0.225 e. The van der Waals surface area contributed by atoms with Gasteiger partial charge in [-0.3, -0.25) is 4.79 Å². The van der Waals surface area contributed by atoms with Crippen LogP contribution in [0.3, 0.4) is 0 Å². The first-order valence-corrected chi connectivity index (χ1v) is 11.9. The second-order valence-corrected chi connectivity index (χ2v) is 8.88. The molecule has 0 saturated carbocycles. The van der Waals surface area contributed by atoms with E-state index in [9.17, 15) is 4.79 Å². The molecule has 0 spiro atoms. The van der Waals surface area contributed by atoms with E-state index in [1.54, 1.807) is 0 Å². The molecule has 1 aliphatic heterocycles. The van der Waals surface area contributed by atoms with Crippen molar-refractivity contribution in [3.63, 3.8) is 0 Å². The third kappa shape index (κ3) is 5.84. The fourth-order valence-corrected chi connectivity index (χ4v) is 4.56. The summed E-state index contributed by atoms with van der Waals surface area (Å²) in [7, 11) is 0. The Morgan fingerprint density at radius 3 is 2.45 bits per heavy atom. The van der Waals surface area contributed by atoms with Gasteiger partial charge < -0.3 is 9.80 Å². The predicted octanol–water partition coefficient (Wildman–Crippen LogP) is 4.86. The van der Waals surface area contributed by atoms with Gasteiger partial charge in [0.25, 0.3) is 0 Å². The molecule has 31 heavy (non-hydrogen) atoms. The van der Waals surface area contributed by atoms with Crippen LogP contribution in [0.25, 0.3) is 0 Å². The number of carbonyl (C=O) groups excluding carboxylic acids is 1. The summed E-state index contributed by atoms with van der Waals surface area (Å²) in [5.74, 6) is 2.36. The number of unbranched alkanes of at least 4 members (excludes halogenated alkanes) is 1. The molecule has 0 radical (unpaired) electrons. The summed E-state index contributed by atoms with van der Waals surface area (Å²) in [5.41, 5.74) is 4.80. The van der Waals surface area contributed by atoms with E-state index in [4.69, 9.17) is 4.98 Å². The minimum atomic E-state index is 0.173. The largest absolute Gasteiger partial charge is 0.353 e. The highest BCUT2D eigenvalue weighted by Gasteiger charge is 2.28. The third-order valence-corrected chi connectivity index (χ3v) is 6.41. The Morgan fingerprint density at radius 1 is 1.06 bits per heavy atom. The normalized spacial score (nSPS) is 15.3. The molecule has 1 aromatic heterocycles. The second-order valence-electron chi connectivity index (χ2n) is 8.88. The summed E-state index contributed by atoms with van der Waals surface area (Å²) in [6, 6.07) is 8.65. The van der Waals surface area contributed by atoms with Gasteiger partial charge in [-0.1, -0.05) is 56.5 Å². The number of hydrogen-bond donors (Lipinski definition) is 0. The third-order valence-electron chi connectivity index (χ3n) is 6.41. The molecular formula is C26H38N4O. The second kappa shape index (κ2) is 10.7. The Morgan fingerprint density at radius 2 is 1.81 bits per heavy atom. The molecule has 168 valence electrons. The monoisotopic (exact) mass is 422 g/mol. The van der Waals surface area contributed by atoms with Gasteiger partial charge in [0, 0.05) is 49.8 Å². The molecule has 1 amide bonds. The summed E-state index contributed by atoms with van der Waals surface area (Å²) in [4.78, 5) is 26.9. The van der Waals surface area contributed by atoms with Gasteiger partial charge in [-0.05, 0) is 39.2 Å². The molecule has 1 fully saturated rings. The van der Waals surface area contributed by atoms with Crippen molar-refractivity contribution in [3.8, 4) is 0 Å². The van der Waals surface area contributed by atoms with Gasteiger partial charge in [0.05, 0.1) is 0 Å². The zero-order valence-electron chi connectivity index (χ0n) is 19.9. The van der Waals surface area contributed by atoms with E-state index in [0.717, 1.165) is 75.6 Å². The van der Waals surface area contributed by atoms with Gasteiger partial charge in [0.1, 0.15) is 11.6 Å². The molecule has 0 aliphatic carbocycles. The number of amides is 1. The Labute approximate surface area is 187 Å². The average Bonchev–Trinajstić information content (AvgIpc) is 2.76. The van der Waals surface area contributed by atoms with Crippen molar-refractivity contribution >= 4 is 11.7 Å². The van der Waals surface area contributed by atoms with Crippen molar-refractivity contribution in [2.75, 3.05) is 31.1 Å². The number of carbonyl (C=O) groups is 1. The number of benzene rings is 1. The lowest BCUT2D eigenvalue weighted by Crippen LogP contribution is -2.51. The molecule has 0 unspecified atom stereocenters. The quantitative estimate of drug-likeness (QED) is 0.610. The first-order valence-electron chi connectivity index (χ1n) is 11.9. The van der Waals surface area contributed by atoms with E-state index in [0.29, 0.717) is 5.91 Å². The van der Waals surface area contributed by atoms with Gasteiger partial charge in [0.15, 0.2) is 0 Å². The zero-order valence-corrected chi connectivity index (χ0v) is 19.9. The number of piperazine rings is 1. The molecule has 0 N–H and O–H groups in total. The molecule has 5 nitrogen and oxygen atoms in total. The minimum absolute atomic E-state index is 0.173. The van der Waals surface area contributed by atoms with Crippen LogP contribution in [0.5, 0.6) is 0 Å². The lowest BCUT2D eigenvalue weighted by Gasteiger charge is -2.38. The van der Waals surface area contributed by atoms with Crippen molar-refractivity contribution in [1.29, 1.82) is 0 Å². The van der Waals surface area contributed by atoms with Crippen LogP contribution in [-0.2, 0) is 11.2 Å². The smallest absolute Gasteiger partial charge is 0.225 e. The molecule has 1 aliphatic rings. The van der Waals surface area contributed by atoms with E-state index >= 15 is 0 Å². The van der Waals surface area contributed by atoms with Crippen LogP contribution in [0.2, 0.25) is 0 Å². The molecular weight excluding hydrogens is 384 g/mol. The Kier molecular flexibility index (Phi) is 8.05. The summed E-state index contributed by atoms with van der Waals surface area (Å²) in [5, 5.41) is 0. The fourth-order valence-electron chi connectivity index (χ4n) is 4.56. The van der Waals surface area contributed by atoms with Crippen molar-refractivity contribution in [2.24, 2.45) is 5.92 Å².